The molecule has 1 atom stereocenters. The maximum absolute atomic E-state index is 11.6. The molecule has 0 aliphatic carbocycles. The molecule has 1 aromatic rings. The fraction of sp³-hybridized carbons (Fsp3) is 0.400. The van der Waals surface area contributed by atoms with Crippen LogP contribution >= 0.6 is 11.8 Å². The Morgan fingerprint density at radius 2 is 2.44 bits per heavy atom. The first kappa shape index (κ1) is 13.2. The van der Waals surface area contributed by atoms with Gasteiger partial charge in [0, 0.05) is 5.25 Å². The molecule has 0 N–H and O–H groups in total. The lowest BCUT2D eigenvalue weighted by Gasteiger charge is -2.04. The van der Waals surface area contributed by atoms with Crippen LogP contribution in [0.4, 0.5) is 0 Å². The van der Waals surface area contributed by atoms with Gasteiger partial charge in [-0.05, 0) is 49.3 Å². The second kappa shape index (κ2) is 6.64. The number of aryl methyl sites for hydroxylation is 1. The second-order valence-electron chi connectivity index (χ2n) is 4.48. The normalized spacial score (nSPS) is 19.3. The van der Waals surface area contributed by atoms with Crippen molar-refractivity contribution in [1.29, 1.82) is 0 Å². The van der Waals surface area contributed by atoms with E-state index in [9.17, 15) is 4.79 Å². The number of hydrogen-bond donors (Lipinski definition) is 0. The highest BCUT2D eigenvalue weighted by molar-refractivity contribution is 8.00. The van der Waals surface area contributed by atoms with Crippen molar-refractivity contribution in [2.75, 3.05) is 12.4 Å². The van der Waals surface area contributed by atoms with Gasteiger partial charge in [-0.25, -0.2) is 0 Å². The van der Waals surface area contributed by atoms with Crippen LogP contribution < -0.4 is 4.74 Å². The van der Waals surface area contributed by atoms with Crippen LogP contribution in [0, 0.1) is 6.92 Å². The summed E-state index contributed by atoms with van der Waals surface area (Å²) in [7, 11) is 0. The van der Waals surface area contributed by atoms with E-state index < -0.39 is 0 Å². The number of carbonyl (C=O) groups excluding carboxylic acids is 1. The van der Waals surface area contributed by atoms with Gasteiger partial charge in [0.2, 0.25) is 0 Å². The summed E-state index contributed by atoms with van der Waals surface area (Å²) in [6, 6.07) is 7.74. The van der Waals surface area contributed by atoms with Crippen molar-refractivity contribution in [2.24, 2.45) is 0 Å². The smallest absolute Gasteiger partial charge is 0.192 e. The van der Waals surface area contributed by atoms with Crippen molar-refractivity contribution in [1.82, 2.24) is 0 Å². The molecule has 18 heavy (non-hydrogen) atoms. The molecule has 1 unspecified atom stereocenters. The Labute approximate surface area is 112 Å². The number of thioether (sulfide) groups is 1. The van der Waals surface area contributed by atoms with Gasteiger partial charge in [-0.3, -0.25) is 4.79 Å². The summed E-state index contributed by atoms with van der Waals surface area (Å²) in [5.41, 5.74) is 1.14. The lowest BCUT2D eigenvalue weighted by molar-refractivity contribution is -0.116. The fourth-order valence-corrected chi connectivity index (χ4v) is 3.04. The van der Waals surface area contributed by atoms with Gasteiger partial charge < -0.3 is 4.74 Å². The van der Waals surface area contributed by atoms with Crippen LogP contribution in [0.1, 0.15) is 18.4 Å². The SMILES string of the molecule is Cc1cccc(OCC(=O)/C=C/C2CCCS2)c1. The first-order valence-corrected chi connectivity index (χ1v) is 7.31. The number of carbonyl (C=O) groups is 1. The van der Waals surface area contributed by atoms with E-state index >= 15 is 0 Å². The first-order valence-electron chi connectivity index (χ1n) is 6.26. The Morgan fingerprint density at radius 3 is 3.17 bits per heavy atom. The summed E-state index contributed by atoms with van der Waals surface area (Å²) in [5.74, 6) is 2.00. The Balaban J connectivity index is 1.77. The third-order valence-corrected chi connectivity index (χ3v) is 4.18. The largest absolute Gasteiger partial charge is 0.485 e. The minimum absolute atomic E-state index is 0.0315. The Hall–Kier alpha value is -1.22. The van der Waals surface area contributed by atoms with Crippen LogP contribution in [0.15, 0.2) is 36.4 Å². The van der Waals surface area contributed by atoms with E-state index in [0.717, 1.165) is 11.3 Å². The number of rotatable bonds is 5. The molecule has 96 valence electrons. The highest BCUT2D eigenvalue weighted by Gasteiger charge is 2.12. The van der Waals surface area contributed by atoms with Gasteiger partial charge in [-0.15, -0.1) is 0 Å². The van der Waals surface area contributed by atoms with Crippen LogP contribution in [0.3, 0.4) is 0 Å². The standard InChI is InChI=1S/C15H18O2S/c1-12-4-2-5-14(10-12)17-11-13(16)7-8-15-6-3-9-18-15/h2,4-5,7-8,10,15H,3,6,9,11H2,1H3/b8-7+. The minimum atomic E-state index is 0.0315. The highest BCUT2D eigenvalue weighted by atomic mass is 32.2. The van der Waals surface area contributed by atoms with Crippen LogP contribution in [0.2, 0.25) is 0 Å². The average Bonchev–Trinajstić information content (AvgIpc) is 2.87. The molecule has 1 aliphatic heterocycles. The van der Waals surface area contributed by atoms with Crippen molar-refractivity contribution in [3.8, 4) is 5.75 Å². The van der Waals surface area contributed by atoms with Crippen LogP contribution in [-0.2, 0) is 4.79 Å². The van der Waals surface area contributed by atoms with Crippen LogP contribution in [-0.4, -0.2) is 23.4 Å². The van der Waals surface area contributed by atoms with E-state index in [1.165, 1.54) is 18.6 Å². The van der Waals surface area contributed by atoms with E-state index in [1.807, 2.05) is 49.0 Å². The Kier molecular flexibility index (Phi) is 4.88. The molecule has 0 saturated carbocycles. The van der Waals surface area contributed by atoms with Gasteiger partial charge in [-0.2, -0.15) is 11.8 Å². The van der Waals surface area contributed by atoms with E-state index in [4.69, 9.17) is 4.74 Å². The molecular weight excluding hydrogens is 244 g/mol. The maximum Gasteiger partial charge on any atom is 0.192 e. The summed E-state index contributed by atoms with van der Waals surface area (Å²) in [6.07, 6.45) is 6.12. The van der Waals surface area contributed by atoms with Gasteiger partial charge in [0.1, 0.15) is 5.75 Å². The molecule has 0 bridgehead atoms. The summed E-state index contributed by atoms with van der Waals surface area (Å²) in [5, 5.41) is 0.521. The molecule has 2 rings (SSSR count). The summed E-state index contributed by atoms with van der Waals surface area (Å²) < 4.78 is 5.46. The molecular formula is C15H18O2S. The predicted molar refractivity (Wildman–Crippen MR) is 76.3 cm³/mol. The third kappa shape index (κ3) is 4.22. The lowest BCUT2D eigenvalue weighted by atomic mass is 10.2. The molecule has 0 aromatic heterocycles. The maximum atomic E-state index is 11.6. The monoisotopic (exact) mass is 262 g/mol. The van der Waals surface area contributed by atoms with Crippen molar-refractivity contribution in [3.05, 3.63) is 42.0 Å². The quantitative estimate of drug-likeness (QED) is 0.761. The van der Waals surface area contributed by atoms with Gasteiger partial charge in [-0.1, -0.05) is 18.2 Å². The molecule has 1 heterocycles. The number of hydrogen-bond acceptors (Lipinski definition) is 3. The van der Waals surface area contributed by atoms with Crippen molar-refractivity contribution >= 4 is 17.5 Å². The first-order chi connectivity index (χ1) is 8.74. The molecule has 1 aliphatic rings. The molecule has 0 radical (unpaired) electrons. The molecule has 1 fully saturated rings. The molecule has 1 aromatic carbocycles. The fourth-order valence-electron chi connectivity index (χ4n) is 1.88. The van der Waals surface area contributed by atoms with Gasteiger partial charge in [0.25, 0.3) is 0 Å². The van der Waals surface area contributed by atoms with Crippen molar-refractivity contribution in [2.45, 2.75) is 25.0 Å². The average molecular weight is 262 g/mol. The molecule has 0 amide bonds. The Bertz CT molecular complexity index is 434. The summed E-state index contributed by atoms with van der Waals surface area (Å²) in [4.78, 5) is 11.6. The number of benzene rings is 1. The van der Waals surface area contributed by atoms with E-state index in [0.29, 0.717) is 5.25 Å². The zero-order valence-electron chi connectivity index (χ0n) is 10.6. The number of ether oxygens (including phenoxy) is 1. The topological polar surface area (TPSA) is 26.3 Å². The second-order valence-corrected chi connectivity index (χ2v) is 5.83. The van der Waals surface area contributed by atoms with E-state index in [-0.39, 0.29) is 12.4 Å². The minimum Gasteiger partial charge on any atom is -0.485 e. The van der Waals surface area contributed by atoms with Crippen molar-refractivity contribution in [3.63, 3.8) is 0 Å². The predicted octanol–water partition coefficient (Wildman–Crippen LogP) is 3.39. The molecule has 1 saturated heterocycles. The van der Waals surface area contributed by atoms with E-state index in [2.05, 4.69) is 0 Å². The molecule has 0 spiro atoms. The highest BCUT2D eigenvalue weighted by Crippen LogP contribution is 2.26. The van der Waals surface area contributed by atoms with Gasteiger partial charge in [0.05, 0.1) is 0 Å². The zero-order valence-corrected chi connectivity index (χ0v) is 11.4. The zero-order chi connectivity index (χ0) is 12.8. The summed E-state index contributed by atoms with van der Waals surface area (Å²) in [6.45, 7) is 2.13. The van der Waals surface area contributed by atoms with E-state index in [1.54, 1.807) is 6.08 Å². The van der Waals surface area contributed by atoms with Crippen molar-refractivity contribution < 1.29 is 9.53 Å². The summed E-state index contributed by atoms with van der Waals surface area (Å²) >= 11 is 1.92. The lowest BCUT2D eigenvalue weighted by Crippen LogP contribution is -2.09. The van der Waals surface area contributed by atoms with Gasteiger partial charge >= 0.3 is 0 Å². The molecule has 2 nitrogen and oxygen atoms in total. The van der Waals surface area contributed by atoms with Crippen LogP contribution in [0.5, 0.6) is 5.75 Å². The van der Waals surface area contributed by atoms with Crippen LogP contribution in [0.25, 0.3) is 0 Å². The number of ketones is 1. The third-order valence-electron chi connectivity index (χ3n) is 2.83. The van der Waals surface area contributed by atoms with Gasteiger partial charge in [0.15, 0.2) is 12.4 Å². The Morgan fingerprint density at radius 1 is 1.56 bits per heavy atom. The molecule has 3 heteroatoms.